The summed E-state index contributed by atoms with van der Waals surface area (Å²) in [7, 11) is 0. The Bertz CT molecular complexity index is 895. The zero-order chi connectivity index (χ0) is 17.1. The highest BCUT2D eigenvalue weighted by atomic mass is 32.2. The van der Waals surface area contributed by atoms with Gasteiger partial charge in [0.25, 0.3) is 0 Å². The maximum atomic E-state index is 11.9. The largest absolute Gasteiger partial charge is 0.461 e. The van der Waals surface area contributed by atoms with Gasteiger partial charge in [0, 0.05) is 5.39 Å². The van der Waals surface area contributed by atoms with Crippen LogP contribution in [0.15, 0.2) is 52.1 Å². The third kappa shape index (κ3) is 3.38. The summed E-state index contributed by atoms with van der Waals surface area (Å²) in [6.45, 7) is 1.67. The van der Waals surface area contributed by atoms with Gasteiger partial charge in [-0.1, -0.05) is 30.0 Å². The number of urea groups is 1. The first-order valence-corrected chi connectivity index (χ1v) is 8.00. The molecule has 3 amide bonds. The molecule has 0 saturated carbocycles. The lowest BCUT2D eigenvalue weighted by Gasteiger charge is -2.12. The van der Waals surface area contributed by atoms with Crippen molar-refractivity contribution in [1.82, 2.24) is 15.3 Å². The van der Waals surface area contributed by atoms with E-state index in [1.807, 2.05) is 24.3 Å². The van der Waals surface area contributed by atoms with Crippen LogP contribution in [0.1, 0.15) is 6.92 Å². The highest BCUT2D eigenvalue weighted by Gasteiger charge is 2.19. The number of nitrogens with zero attached hydrogens (tertiary/aromatic N) is 2. The molecule has 0 fully saturated rings. The Morgan fingerprint density at radius 3 is 2.71 bits per heavy atom. The summed E-state index contributed by atoms with van der Waals surface area (Å²) < 4.78 is 5.35. The predicted octanol–water partition coefficient (Wildman–Crippen LogP) is 2.57. The van der Waals surface area contributed by atoms with Gasteiger partial charge in [-0.15, -0.1) is 0 Å². The average Bonchev–Trinajstić information content (AvgIpc) is 3.08. The van der Waals surface area contributed by atoms with E-state index in [4.69, 9.17) is 10.2 Å². The van der Waals surface area contributed by atoms with Gasteiger partial charge in [0.2, 0.25) is 5.91 Å². The van der Waals surface area contributed by atoms with E-state index in [0.29, 0.717) is 16.6 Å². The number of para-hydroxylation sites is 1. The zero-order valence-electron chi connectivity index (χ0n) is 12.7. The van der Waals surface area contributed by atoms with Crippen molar-refractivity contribution in [1.29, 1.82) is 0 Å². The van der Waals surface area contributed by atoms with Gasteiger partial charge >= 0.3 is 6.03 Å². The molecular weight excluding hydrogens is 328 g/mol. The van der Waals surface area contributed by atoms with Crippen LogP contribution in [0.3, 0.4) is 0 Å². The van der Waals surface area contributed by atoms with Crippen LogP contribution in [-0.2, 0) is 4.79 Å². The van der Waals surface area contributed by atoms with E-state index >= 15 is 0 Å². The number of thioether (sulfide) groups is 1. The average molecular weight is 342 g/mol. The number of primary amides is 1. The van der Waals surface area contributed by atoms with E-state index in [2.05, 4.69) is 15.3 Å². The van der Waals surface area contributed by atoms with Gasteiger partial charge in [-0.2, -0.15) is 0 Å². The molecule has 0 aliphatic rings. The number of aromatic nitrogens is 2. The Morgan fingerprint density at radius 2 is 2.00 bits per heavy atom. The number of rotatable bonds is 4. The quantitative estimate of drug-likeness (QED) is 0.557. The molecule has 3 aromatic rings. The third-order valence-corrected chi connectivity index (χ3v) is 4.32. The van der Waals surface area contributed by atoms with E-state index in [-0.39, 0.29) is 0 Å². The van der Waals surface area contributed by atoms with Crippen LogP contribution in [0.2, 0.25) is 0 Å². The van der Waals surface area contributed by atoms with Crippen LogP contribution in [0, 0.1) is 0 Å². The Morgan fingerprint density at radius 1 is 1.21 bits per heavy atom. The first-order chi connectivity index (χ1) is 11.5. The third-order valence-electron chi connectivity index (χ3n) is 3.21. The molecule has 0 spiro atoms. The Labute approximate surface area is 141 Å². The lowest BCUT2D eigenvalue weighted by molar-refractivity contribution is -0.119. The molecule has 0 saturated heterocycles. The minimum Gasteiger partial charge on any atom is -0.461 e. The van der Waals surface area contributed by atoms with Crippen molar-refractivity contribution < 1.29 is 14.0 Å². The lowest BCUT2D eigenvalue weighted by atomic mass is 10.2. The van der Waals surface area contributed by atoms with E-state index in [0.717, 1.165) is 10.9 Å². The molecule has 0 unspecified atom stereocenters. The zero-order valence-corrected chi connectivity index (χ0v) is 13.5. The molecule has 2 aromatic heterocycles. The van der Waals surface area contributed by atoms with Crippen LogP contribution in [0.25, 0.3) is 22.5 Å². The van der Waals surface area contributed by atoms with Gasteiger partial charge in [-0.3, -0.25) is 10.1 Å². The van der Waals surface area contributed by atoms with Crippen LogP contribution in [0.4, 0.5) is 4.79 Å². The number of hydrogen-bond donors (Lipinski definition) is 2. The van der Waals surface area contributed by atoms with Crippen molar-refractivity contribution in [3.8, 4) is 11.6 Å². The molecular formula is C16H14N4O3S. The maximum Gasteiger partial charge on any atom is 0.318 e. The van der Waals surface area contributed by atoms with Gasteiger partial charge in [0.15, 0.2) is 11.6 Å². The number of nitrogens with two attached hydrogens (primary N) is 1. The fourth-order valence-electron chi connectivity index (χ4n) is 2.10. The van der Waals surface area contributed by atoms with Crippen molar-refractivity contribution in [2.45, 2.75) is 17.2 Å². The number of furan rings is 1. The molecule has 8 heteroatoms. The summed E-state index contributed by atoms with van der Waals surface area (Å²) in [4.78, 5) is 31.7. The van der Waals surface area contributed by atoms with Gasteiger partial charge < -0.3 is 10.2 Å². The smallest absolute Gasteiger partial charge is 0.318 e. The molecule has 0 radical (unpaired) electrons. The molecule has 7 nitrogen and oxygen atoms in total. The number of hydrogen-bond acceptors (Lipinski definition) is 6. The molecule has 3 N–H and O–H groups in total. The predicted molar refractivity (Wildman–Crippen MR) is 90.3 cm³/mol. The van der Waals surface area contributed by atoms with E-state index in [9.17, 15) is 9.59 Å². The second kappa shape index (κ2) is 6.71. The van der Waals surface area contributed by atoms with Crippen LogP contribution < -0.4 is 11.1 Å². The van der Waals surface area contributed by atoms with Crippen molar-refractivity contribution in [3.05, 3.63) is 42.7 Å². The summed E-state index contributed by atoms with van der Waals surface area (Å²) in [5, 5.41) is 2.96. The number of carbonyl (C=O) groups is 2. The van der Waals surface area contributed by atoms with E-state index in [1.54, 1.807) is 25.3 Å². The first kappa shape index (κ1) is 16.0. The molecule has 122 valence electrons. The summed E-state index contributed by atoms with van der Waals surface area (Å²) in [5.41, 5.74) is 5.72. The number of nitrogens with one attached hydrogen (secondary N) is 1. The summed E-state index contributed by atoms with van der Waals surface area (Å²) >= 11 is 1.22. The summed E-state index contributed by atoms with van der Waals surface area (Å²) in [6, 6.07) is 10.1. The van der Waals surface area contributed by atoms with E-state index in [1.165, 1.54) is 11.8 Å². The normalized spacial score (nSPS) is 12.0. The second-order valence-corrected chi connectivity index (χ2v) is 6.29. The topological polar surface area (TPSA) is 111 Å². The summed E-state index contributed by atoms with van der Waals surface area (Å²) in [6.07, 6.45) is 1.55. The highest BCUT2D eigenvalue weighted by Crippen LogP contribution is 2.31. The highest BCUT2D eigenvalue weighted by molar-refractivity contribution is 8.00. The van der Waals surface area contributed by atoms with Gasteiger partial charge in [0.05, 0.1) is 17.0 Å². The van der Waals surface area contributed by atoms with Crippen LogP contribution in [-0.4, -0.2) is 27.2 Å². The van der Waals surface area contributed by atoms with Crippen molar-refractivity contribution in [2.24, 2.45) is 5.73 Å². The minimum atomic E-state index is -0.878. The van der Waals surface area contributed by atoms with Crippen LogP contribution >= 0.6 is 11.8 Å². The maximum absolute atomic E-state index is 11.9. The van der Waals surface area contributed by atoms with Gasteiger partial charge in [0.1, 0.15) is 5.03 Å². The van der Waals surface area contributed by atoms with Crippen molar-refractivity contribution in [2.75, 3.05) is 0 Å². The molecule has 24 heavy (non-hydrogen) atoms. The molecule has 1 aromatic carbocycles. The van der Waals surface area contributed by atoms with Gasteiger partial charge in [-0.05, 0) is 25.1 Å². The number of fused-ring (bicyclic) bond motifs is 1. The standard InChI is InChI=1S/C16H14N4O3S/c1-9(14(21)20-16(17)22)24-15-10-5-2-3-6-11(10)18-13(19-15)12-7-4-8-23-12/h2-9H,1H3,(H3,17,20,21,22)/t9-/m1/s1. The van der Waals surface area contributed by atoms with Crippen LogP contribution in [0.5, 0.6) is 0 Å². The number of benzene rings is 1. The number of amides is 3. The Kier molecular flexibility index (Phi) is 4.48. The molecule has 1 atom stereocenters. The fraction of sp³-hybridized carbons (Fsp3) is 0.125. The molecule has 0 bridgehead atoms. The van der Waals surface area contributed by atoms with Crippen molar-refractivity contribution in [3.63, 3.8) is 0 Å². The molecule has 2 heterocycles. The minimum absolute atomic E-state index is 0.434. The number of carbonyl (C=O) groups excluding carboxylic acids is 2. The summed E-state index contributed by atoms with van der Waals surface area (Å²) in [5.74, 6) is 0.496. The monoisotopic (exact) mass is 342 g/mol. The first-order valence-electron chi connectivity index (χ1n) is 7.12. The Hall–Kier alpha value is -2.87. The molecule has 3 rings (SSSR count). The van der Waals surface area contributed by atoms with Crippen molar-refractivity contribution >= 4 is 34.6 Å². The molecule has 0 aliphatic carbocycles. The Balaban J connectivity index is 1.99. The lowest BCUT2D eigenvalue weighted by Crippen LogP contribution is -2.39. The van der Waals surface area contributed by atoms with E-state index < -0.39 is 17.2 Å². The van der Waals surface area contributed by atoms with Gasteiger partial charge in [-0.25, -0.2) is 14.8 Å². The SMILES string of the molecule is C[C@@H](Sc1nc(-c2ccco2)nc2ccccc12)C(=O)NC(N)=O. The molecule has 0 aliphatic heterocycles. The fourth-order valence-corrected chi connectivity index (χ4v) is 3.04. The second-order valence-electron chi connectivity index (χ2n) is 4.96. The number of imide groups is 1.